The van der Waals surface area contributed by atoms with Crippen LogP contribution in [-0.2, 0) is 4.79 Å². The highest BCUT2D eigenvalue weighted by Crippen LogP contribution is 2.28. The molecule has 0 fully saturated rings. The number of thiophene rings is 1. The van der Waals surface area contributed by atoms with Gasteiger partial charge in [-0.15, -0.1) is 11.3 Å². The second-order valence-electron chi connectivity index (χ2n) is 6.71. The van der Waals surface area contributed by atoms with Gasteiger partial charge < -0.3 is 15.2 Å². The van der Waals surface area contributed by atoms with Crippen molar-refractivity contribution in [2.75, 3.05) is 5.32 Å². The number of fused-ring (bicyclic) bond motifs is 1. The first-order chi connectivity index (χ1) is 13.2. The van der Waals surface area contributed by atoms with Gasteiger partial charge in [-0.05, 0) is 44.4 Å². The molecule has 0 saturated heterocycles. The first-order valence-electron chi connectivity index (χ1n) is 8.84. The van der Waals surface area contributed by atoms with E-state index in [4.69, 9.17) is 0 Å². The second kappa shape index (κ2) is 7.55. The highest BCUT2D eigenvalue weighted by molar-refractivity contribution is 7.20. The molecule has 1 aromatic carbocycles. The molecule has 2 heterocycles. The molecule has 0 unspecified atom stereocenters. The number of aryl methyl sites for hydroxylation is 3. The van der Waals surface area contributed by atoms with Gasteiger partial charge in [0.25, 0.3) is 11.5 Å². The maximum Gasteiger partial charge on any atom is 0.266 e. The zero-order valence-corrected chi connectivity index (χ0v) is 16.8. The lowest BCUT2D eigenvalue weighted by atomic mass is 10.1. The summed E-state index contributed by atoms with van der Waals surface area (Å²) in [6.07, 6.45) is 1.40. The van der Waals surface area contributed by atoms with E-state index < -0.39 is 17.6 Å². The number of hydrogen-bond acceptors (Lipinski definition) is 6. The minimum Gasteiger partial charge on any atom is -0.548 e. The summed E-state index contributed by atoms with van der Waals surface area (Å²) >= 11 is 1.11. The summed E-state index contributed by atoms with van der Waals surface area (Å²) in [5.74, 6) is -1.67. The van der Waals surface area contributed by atoms with Gasteiger partial charge in [0.2, 0.25) is 0 Å². The van der Waals surface area contributed by atoms with E-state index in [9.17, 15) is 19.5 Å². The number of nitrogens with zero attached hydrogens (tertiary/aromatic N) is 2. The lowest BCUT2D eigenvalue weighted by molar-refractivity contribution is -0.310. The minimum atomic E-state index is -1.34. The molecule has 0 aliphatic rings. The topological polar surface area (TPSA) is 104 Å². The fourth-order valence-corrected chi connectivity index (χ4v) is 4.22. The average molecular weight is 398 g/mol. The van der Waals surface area contributed by atoms with Crippen molar-refractivity contribution in [3.05, 3.63) is 56.4 Å². The Morgan fingerprint density at radius 2 is 2.00 bits per heavy atom. The average Bonchev–Trinajstić information content (AvgIpc) is 2.97. The smallest absolute Gasteiger partial charge is 0.266 e. The normalized spacial score (nSPS) is 12.1. The molecular formula is C20H20N3O4S-. The summed E-state index contributed by atoms with van der Waals surface area (Å²) in [4.78, 5) is 41.9. The Morgan fingerprint density at radius 1 is 1.29 bits per heavy atom. The second-order valence-corrected chi connectivity index (χ2v) is 7.71. The van der Waals surface area contributed by atoms with Gasteiger partial charge in [0.15, 0.2) is 0 Å². The number of hydrogen-bond donors (Lipinski definition) is 1. The number of carboxylic acids is 1. The van der Waals surface area contributed by atoms with Crippen LogP contribution in [0.4, 0.5) is 5.69 Å². The summed E-state index contributed by atoms with van der Waals surface area (Å²) in [5, 5.41) is 14.5. The summed E-state index contributed by atoms with van der Waals surface area (Å²) in [6.45, 7) is 7.20. The first kappa shape index (κ1) is 19.8. The van der Waals surface area contributed by atoms with Gasteiger partial charge >= 0.3 is 0 Å². The summed E-state index contributed by atoms with van der Waals surface area (Å²) in [7, 11) is 0. The molecule has 1 amide bonds. The van der Waals surface area contributed by atoms with E-state index in [0.29, 0.717) is 21.0 Å². The van der Waals surface area contributed by atoms with Crippen LogP contribution in [0.1, 0.15) is 45.7 Å². The van der Waals surface area contributed by atoms with E-state index in [0.717, 1.165) is 27.0 Å². The third-order valence-electron chi connectivity index (χ3n) is 4.71. The van der Waals surface area contributed by atoms with Crippen molar-refractivity contribution < 1.29 is 14.7 Å². The maximum atomic E-state index is 12.8. The van der Waals surface area contributed by atoms with Crippen molar-refractivity contribution in [1.29, 1.82) is 0 Å². The van der Waals surface area contributed by atoms with E-state index in [1.165, 1.54) is 6.33 Å². The van der Waals surface area contributed by atoms with Crippen LogP contribution in [0.5, 0.6) is 0 Å². The lowest BCUT2D eigenvalue weighted by Crippen LogP contribution is -2.38. The highest BCUT2D eigenvalue weighted by atomic mass is 32.1. The van der Waals surface area contributed by atoms with Gasteiger partial charge in [-0.25, -0.2) is 4.98 Å². The first-order valence-corrected chi connectivity index (χ1v) is 9.66. The van der Waals surface area contributed by atoms with Crippen LogP contribution in [0.3, 0.4) is 0 Å². The summed E-state index contributed by atoms with van der Waals surface area (Å²) < 4.78 is 1.06. The minimum absolute atomic E-state index is 0.193. The molecule has 1 atom stereocenters. The standard InChI is InChI=1S/C20H21N3O4S/c1-5-14(20(26)27)23-9-21-18-15(19(23)25)12(4)16(28-18)17(24)22-13-7-6-10(2)8-11(13)3/h6-9,14H,5H2,1-4H3,(H,22,24)(H,26,27)/p-1/t14-/m0/s1. The molecule has 7 nitrogen and oxygen atoms in total. The number of carbonyl (C=O) groups excluding carboxylic acids is 2. The molecule has 0 radical (unpaired) electrons. The number of aliphatic carboxylic acids is 1. The van der Waals surface area contributed by atoms with Crippen LogP contribution in [0, 0.1) is 20.8 Å². The van der Waals surface area contributed by atoms with Crippen LogP contribution >= 0.6 is 11.3 Å². The molecule has 8 heteroatoms. The number of amides is 1. The molecule has 0 bridgehead atoms. The van der Waals surface area contributed by atoms with Crippen LogP contribution in [-0.4, -0.2) is 21.4 Å². The van der Waals surface area contributed by atoms with Gasteiger partial charge in [-0.2, -0.15) is 0 Å². The predicted octanol–water partition coefficient (Wildman–Crippen LogP) is 2.34. The number of aromatic nitrogens is 2. The van der Waals surface area contributed by atoms with Crippen molar-refractivity contribution >= 4 is 39.1 Å². The summed E-state index contributed by atoms with van der Waals surface area (Å²) in [6, 6.07) is 4.61. The fourth-order valence-electron chi connectivity index (χ4n) is 3.19. The van der Waals surface area contributed by atoms with Crippen molar-refractivity contribution in [2.24, 2.45) is 0 Å². The van der Waals surface area contributed by atoms with Crippen LogP contribution in [0.15, 0.2) is 29.3 Å². The molecule has 1 N–H and O–H groups in total. The molecule has 0 aliphatic heterocycles. The third-order valence-corrected chi connectivity index (χ3v) is 5.91. The van der Waals surface area contributed by atoms with E-state index in [2.05, 4.69) is 10.3 Å². The van der Waals surface area contributed by atoms with Crippen LogP contribution in [0.2, 0.25) is 0 Å². The Balaban J connectivity index is 2.04. The van der Waals surface area contributed by atoms with E-state index in [-0.39, 0.29) is 17.7 Å². The van der Waals surface area contributed by atoms with Crippen LogP contribution in [0.25, 0.3) is 10.2 Å². The van der Waals surface area contributed by atoms with Crippen molar-refractivity contribution in [3.63, 3.8) is 0 Å². The molecular weight excluding hydrogens is 378 g/mol. The SMILES string of the molecule is CC[C@@H](C(=O)[O-])n1cnc2sc(C(=O)Nc3ccc(C)cc3C)c(C)c2c1=O. The van der Waals surface area contributed by atoms with E-state index in [1.807, 2.05) is 32.0 Å². The third kappa shape index (κ3) is 3.43. The van der Waals surface area contributed by atoms with Crippen LogP contribution < -0.4 is 16.0 Å². The molecule has 0 saturated carbocycles. The number of anilines is 1. The van der Waals surface area contributed by atoms with Gasteiger partial charge in [0.1, 0.15) is 4.83 Å². The highest BCUT2D eigenvalue weighted by Gasteiger charge is 2.22. The van der Waals surface area contributed by atoms with Gasteiger partial charge in [-0.1, -0.05) is 24.6 Å². The van der Waals surface area contributed by atoms with Gasteiger partial charge in [-0.3, -0.25) is 14.2 Å². The quantitative estimate of drug-likeness (QED) is 0.710. The zero-order chi connectivity index (χ0) is 20.6. The molecule has 146 valence electrons. The maximum absolute atomic E-state index is 12.8. The number of benzene rings is 1. The van der Waals surface area contributed by atoms with Crippen molar-refractivity contribution in [1.82, 2.24) is 9.55 Å². The monoisotopic (exact) mass is 398 g/mol. The van der Waals surface area contributed by atoms with Gasteiger partial charge in [0.05, 0.1) is 28.6 Å². The predicted molar refractivity (Wildman–Crippen MR) is 107 cm³/mol. The molecule has 3 aromatic rings. The zero-order valence-electron chi connectivity index (χ0n) is 16.0. The van der Waals surface area contributed by atoms with E-state index in [1.54, 1.807) is 13.8 Å². The number of rotatable bonds is 5. The molecule has 3 rings (SSSR count). The molecule has 0 aliphatic carbocycles. The Hall–Kier alpha value is -3.00. The number of nitrogens with one attached hydrogen (secondary N) is 1. The number of carbonyl (C=O) groups is 2. The Bertz CT molecular complexity index is 1150. The largest absolute Gasteiger partial charge is 0.548 e. The molecule has 2 aromatic heterocycles. The van der Waals surface area contributed by atoms with E-state index >= 15 is 0 Å². The Kier molecular flexibility index (Phi) is 5.33. The number of carboxylic acid groups (broad SMARTS) is 1. The fraction of sp³-hybridized carbons (Fsp3) is 0.300. The van der Waals surface area contributed by atoms with Crippen molar-refractivity contribution in [2.45, 2.75) is 40.2 Å². The van der Waals surface area contributed by atoms with Gasteiger partial charge in [0, 0.05) is 5.69 Å². The van der Waals surface area contributed by atoms with Crippen molar-refractivity contribution in [3.8, 4) is 0 Å². The Labute approximate surface area is 165 Å². The Morgan fingerprint density at radius 3 is 2.61 bits per heavy atom. The summed E-state index contributed by atoms with van der Waals surface area (Å²) in [5.41, 5.74) is 2.73. The lowest BCUT2D eigenvalue weighted by Gasteiger charge is -2.18. The molecule has 28 heavy (non-hydrogen) atoms. The molecule has 0 spiro atoms.